The molecular formula is C16H22N2O. The highest BCUT2D eigenvalue weighted by Gasteiger charge is 2.01. The van der Waals surface area contributed by atoms with Crippen LogP contribution in [0.1, 0.15) is 36.6 Å². The topological polar surface area (TPSA) is 38.1 Å². The lowest BCUT2D eigenvalue weighted by atomic mass is 10.0. The van der Waals surface area contributed by atoms with Gasteiger partial charge in [-0.2, -0.15) is 0 Å². The molecule has 1 aromatic carbocycles. The molecule has 0 spiro atoms. The van der Waals surface area contributed by atoms with Crippen molar-refractivity contribution in [3.63, 3.8) is 0 Å². The molecule has 3 heteroatoms. The summed E-state index contributed by atoms with van der Waals surface area (Å²) in [6.07, 6.45) is 2.89. The molecule has 0 radical (unpaired) electrons. The molecule has 102 valence electrons. The molecule has 0 fully saturated rings. The van der Waals surface area contributed by atoms with E-state index in [2.05, 4.69) is 48.4 Å². The molecule has 0 aliphatic rings. The highest BCUT2D eigenvalue weighted by molar-refractivity contribution is 5.22. The smallest absolute Gasteiger partial charge is 0.208 e. The summed E-state index contributed by atoms with van der Waals surface area (Å²) in [4.78, 5) is 4.16. The van der Waals surface area contributed by atoms with Gasteiger partial charge in [0.25, 0.3) is 0 Å². The normalized spacial score (nSPS) is 11.2. The molecule has 0 unspecified atom stereocenters. The van der Waals surface area contributed by atoms with Gasteiger partial charge in [-0.1, -0.05) is 38.1 Å². The maximum atomic E-state index is 5.41. The van der Waals surface area contributed by atoms with Crippen molar-refractivity contribution < 1.29 is 4.42 Å². The van der Waals surface area contributed by atoms with Crippen LogP contribution in [-0.4, -0.2) is 4.98 Å². The first-order chi connectivity index (χ1) is 9.13. The van der Waals surface area contributed by atoms with Crippen LogP contribution in [0.3, 0.4) is 0 Å². The fraction of sp³-hybridized carbons (Fsp3) is 0.438. The zero-order valence-corrected chi connectivity index (χ0v) is 11.9. The minimum Gasteiger partial charge on any atom is -0.445 e. The van der Waals surface area contributed by atoms with Gasteiger partial charge in [0.05, 0.1) is 12.7 Å². The van der Waals surface area contributed by atoms with Gasteiger partial charge in [-0.25, -0.2) is 4.98 Å². The monoisotopic (exact) mass is 258 g/mol. The molecule has 0 aliphatic carbocycles. The molecule has 2 rings (SSSR count). The van der Waals surface area contributed by atoms with Crippen LogP contribution >= 0.6 is 0 Å². The number of aryl methyl sites for hydroxylation is 1. The van der Waals surface area contributed by atoms with Crippen molar-refractivity contribution in [3.8, 4) is 0 Å². The SMILES string of the molecule is Cc1cnc(CNCc2ccc(CC(C)C)cc2)o1. The number of nitrogens with one attached hydrogen (secondary N) is 1. The predicted molar refractivity (Wildman–Crippen MR) is 76.8 cm³/mol. The average molecular weight is 258 g/mol. The first kappa shape index (κ1) is 13.8. The number of benzene rings is 1. The van der Waals surface area contributed by atoms with E-state index in [0.717, 1.165) is 24.6 Å². The highest BCUT2D eigenvalue weighted by atomic mass is 16.4. The number of hydrogen-bond donors (Lipinski definition) is 1. The lowest BCUT2D eigenvalue weighted by Gasteiger charge is -2.07. The van der Waals surface area contributed by atoms with E-state index in [1.54, 1.807) is 6.20 Å². The number of oxazole rings is 1. The second-order valence-electron chi connectivity index (χ2n) is 5.38. The Morgan fingerprint density at radius 3 is 2.37 bits per heavy atom. The Morgan fingerprint density at radius 2 is 1.79 bits per heavy atom. The van der Waals surface area contributed by atoms with E-state index >= 15 is 0 Å². The fourth-order valence-corrected chi connectivity index (χ4v) is 2.06. The quantitative estimate of drug-likeness (QED) is 0.862. The average Bonchev–Trinajstić information content (AvgIpc) is 2.77. The fourth-order valence-electron chi connectivity index (χ4n) is 2.06. The molecule has 0 bridgehead atoms. The molecule has 0 atom stereocenters. The Morgan fingerprint density at radius 1 is 1.11 bits per heavy atom. The van der Waals surface area contributed by atoms with Crippen molar-refractivity contribution in [2.45, 2.75) is 40.3 Å². The minimum absolute atomic E-state index is 0.668. The lowest BCUT2D eigenvalue weighted by Crippen LogP contribution is -2.12. The maximum Gasteiger partial charge on any atom is 0.208 e. The van der Waals surface area contributed by atoms with E-state index in [1.165, 1.54) is 11.1 Å². The molecule has 19 heavy (non-hydrogen) atoms. The molecule has 0 saturated carbocycles. The Kier molecular flexibility index (Phi) is 4.74. The van der Waals surface area contributed by atoms with Crippen LogP contribution in [0.4, 0.5) is 0 Å². The number of aromatic nitrogens is 1. The summed E-state index contributed by atoms with van der Waals surface area (Å²) in [6.45, 7) is 7.90. The van der Waals surface area contributed by atoms with Gasteiger partial charge in [-0.05, 0) is 30.4 Å². The summed E-state index contributed by atoms with van der Waals surface area (Å²) >= 11 is 0. The van der Waals surface area contributed by atoms with E-state index in [0.29, 0.717) is 12.5 Å². The van der Waals surface area contributed by atoms with Crippen molar-refractivity contribution in [1.29, 1.82) is 0 Å². The predicted octanol–water partition coefficient (Wildman–Crippen LogP) is 3.47. The largest absolute Gasteiger partial charge is 0.445 e. The standard InChI is InChI=1S/C16H22N2O/c1-12(2)8-14-4-6-15(7-5-14)10-17-11-16-18-9-13(3)19-16/h4-7,9,12,17H,8,10-11H2,1-3H3. The van der Waals surface area contributed by atoms with Gasteiger partial charge in [-0.15, -0.1) is 0 Å². The minimum atomic E-state index is 0.668. The Bertz CT molecular complexity index is 500. The van der Waals surface area contributed by atoms with E-state index in [9.17, 15) is 0 Å². The van der Waals surface area contributed by atoms with Crippen molar-refractivity contribution in [2.75, 3.05) is 0 Å². The van der Waals surface area contributed by atoms with Gasteiger partial charge in [-0.3, -0.25) is 0 Å². The van der Waals surface area contributed by atoms with Crippen LogP contribution in [0.5, 0.6) is 0 Å². The first-order valence-corrected chi connectivity index (χ1v) is 6.83. The van der Waals surface area contributed by atoms with Gasteiger partial charge in [0.2, 0.25) is 5.89 Å². The molecule has 0 amide bonds. The van der Waals surface area contributed by atoms with Crippen molar-refractivity contribution in [1.82, 2.24) is 10.3 Å². The third kappa shape index (κ3) is 4.52. The zero-order chi connectivity index (χ0) is 13.7. The van der Waals surface area contributed by atoms with Gasteiger partial charge >= 0.3 is 0 Å². The number of rotatable bonds is 6. The molecule has 1 aromatic heterocycles. The molecular weight excluding hydrogens is 236 g/mol. The van der Waals surface area contributed by atoms with Crippen LogP contribution in [-0.2, 0) is 19.5 Å². The van der Waals surface area contributed by atoms with E-state index in [1.807, 2.05) is 6.92 Å². The van der Waals surface area contributed by atoms with Crippen LogP contribution < -0.4 is 5.32 Å². The molecule has 2 aromatic rings. The summed E-state index contributed by atoms with van der Waals surface area (Å²) in [5, 5.41) is 3.34. The Labute approximate surface area is 115 Å². The summed E-state index contributed by atoms with van der Waals surface area (Å²) in [5.74, 6) is 2.31. The number of nitrogens with zero attached hydrogens (tertiary/aromatic N) is 1. The van der Waals surface area contributed by atoms with Gasteiger partial charge in [0.15, 0.2) is 0 Å². The summed E-state index contributed by atoms with van der Waals surface area (Å²) < 4.78 is 5.41. The Balaban J connectivity index is 1.79. The van der Waals surface area contributed by atoms with Gasteiger partial charge in [0.1, 0.15) is 5.76 Å². The van der Waals surface area contributed by atoms with Crippen LogP contribution in [0.25, 0.3) is 0 Å². The van der Waals surface area contributed by atoms with Gasteiger partial charge < -0.3 is 9.73 Å². The van der Waals surface area contributed by atoms with Crippen LogP contribution in [0, 0.1) is 12.8 Å². The summed E-state index contributed by atoms with van der Waals surface area (Å²) in [5.41, 5.74) is 2.69. The molecule has 0 saturated heterocycles. The number of hydrogen-bond acceptors (Lipinski definition) is 3. The second-order valence-corrected chi connectivity index (χ2v) is 5.38. The zero-order valence-electron chi connectivity index (χ0n) is 11.9. The summed E-state index contributed by atoms with van der Waals surface area (Å²) in [6, 6.07) is 8.80. The third-order valence-corrected chi connectivity index (χ3v) is 2.94. The lowest BCUT2D eigenvalue weighted by molar-refractivity contribution is 0.449. The van der Waals surface area contributed by atoms with Crippen LogP contribution in [0.2, 0.25) is 0 Å². The van der Waals surface area contributed by atoms with E-state index < -0.39 is 0 Å². The van der Waals surface area contributed by atoms with Crippen LogP contribution in [0.15, 0.2) is 34.9 Å². The maximum absolute atomic E-state index is 5.41. The first-order valence-electron chi connectivity index (χ1n) is 6.83. The molecule has 0 aliphatic heterocycles. The van der Waals surface area contributed by atoms with E-state index in [4.69, 9.17) is 4.42 Å². The van der Waals surface area contributed by atoms with Crippen molar-refractivity contribution in [3.05, 3.63) is 53.2 Å². The van der Waals surface area contributed by atoms with Crippen molar-refractivity contribution in [2.24, 2.45) is 5.92 Å². The van der Waals surface area contributed by atoms with E-state index in [-0.39, 0.29) is 0 Å². The summed E-state index contributed by atoms with van der Waals surface area (Å²) in [7, 11) is 0. The third-order valence-electron chi connectivity index (χ3n) is 2.94. The van der Waals surface area contributed by atoms with Crippen molar-refractivity contribution >= 4 is 0 Å². The van der Waals surface area contributed by atoms with Gasteiger partial charge in [0, 0.05) is 6.54 Å². The molecule has 1 heterocycles. The second kappa shape index (κ2) is 6.53. The Hall–Kier alpha value is -1.61. The molecule has 3 nitrogen and oxygen atoms in total. The molecule has 1 N–H and O–H groups in total. The highest BCUT2D eigenvalue weighted by Crippen LogP contribution is 2.10.